The Bertz CT molecular complexity index is 1010. The molecule has 1 aromatic heterocycles. The van der Waals surface area contributed by atoms with Gasteiger partial charge in [0.2, 0.25) is 5.91 Å². The number of carbonyl (C=O) groups excluding carboxylic acids is 1. The highest BCUT2D eigenvalue weighted by molar-refractivity contribution is 5.90. The normalized spacial score (nSPS) is 19.2. The van der Waals surface area contributed by atoms with Crippen molar-refractivity contribution in [3.63, 3.8) is 0 Å². The van der Waals surface area contributed by atoms with Gasteiger partial charge in [-0.3, -0.25) is 4.79 Å². The van der Waals surface area contributed by atoms with Crippen molar-refractivity contribution in [2.45, 2.75) is 19.0 Å². The van der Waals surface area contributed by atoms with Crippen LogP contribution < -0.4 is 0 Å². The number of hydrogen-bond donors (Lipinski definition) is 0. The van der Waals surface area contributed by atoms with Gasteiger partial charge in [0.05, 0.1) is 21.4 Å². The van der Waals surface area contributed by atoms with Gasteiger partial charge >= 0.3 is 6.18 Å². The molecule has 2 heterocycles. The van der Waals surface area contributed by atoms with Gasteiger partial charge in [-0.05, 0) is 30.7 Å². The molecule has 0 atom stereocenters. The number of hydrogen-bond acceptors (Lipinski definition) is 3. The summed E-state index contributed by atoms with van der Waals surface area (Å²) in [5, 5.41) is 3.75. The molecule has 1 saturated heterocycles. The van der Waals surface area contributed by atoms with Crippen molar-refractivity contribution in [2.75, 3.05) is 13.1 Å². The van der Waals surface area contributed by atoms with Crippen LogP contribution in [-0.4, -0.2) is 44.6 Å². The Morgan fingerprint density at radius 3 is 2.65 bits per heavy atom. The van der Waals surface area contributed by atoms with Crippen molar-refractivity contribution in [2.24, 2.45) is 0 Å². The maximum Gasteiger partial charge on any atom is 0.416 e. The highest BCUT2D eigenvalue weighted by atomic mass is 19.4. The van der Waals surface area contributed by atoms with E-state index in [2.05, 4.69) is 10.1 Å². The fourth-order valence-corrected chi connectivity index (χ4v) is 2.32. The summed E-state index contributed by atoms with van der Waals surface area (Å²) >= 11 is 0. The molecule has 10 heteroatoms. The van der Waals surface area contributed by atoms with E-state index in [0.29, 0.717) is 9.58 Å². The zero-order chi connectivity index (χ0) is 21.7. The van der Waals surface area contributed by atoms with Crippen molar-refractivity contribution >= 4 is 12.1 Å². The lowest BCUT2D eigenvalue weighted by atomic mass is 10.1. The molecule has 26 heavy (non-hydrogen) atoms. The number of benzene rings is 1. The number of rotatable bonds is 3. The van der Waals surface area contributed by atoms with Crippen LogP contribution in [0.2, 0.25) is 0 Å². The van der Waals surface area contributed by atoms with Gasteiger partial charge in [0.25, 0.3) is 5.92 Å². The lowest BCUT2D eigenvalue weighted by molar-refractivity contribution is -0.160. The predicted octanol–water partition coefficient (Wildman–Crippen LogP) is 3.22. The van der Waals surface area contributed by atoms with Crippen molar-refractivity contribution in [1.29, 1.82) is 0 Å². The zero-order valence-electron chi connectivity index (χ0n) is 16.2. The zero-order valence-corrected chi connectivity index (χ0v) is 13.2. The minimum absolute atomic E-state index is 0.0717. The fraction of sp³-hybridized carbons (Fsp3) is 0.312. The standard InChI is InChI=1S/C16H13F5N4O/c1-10-4-11(6-12(5-10)16(19,20)21)14-22-9-25(23-14)3-2-13(26)24-7-15(17,18)8-24/h2-6,9H,7-8H2,1H3/b3-2-/i2D,3D,9D. The molecular formula is C16H13F5N4O. The Balaban J connectivity index is 1.95. The third-order valence-electron chi connectivity index (χ3n) is 3.51. The molecule has 0 saturated carbocycles. The molecule has 0 spiro atoms. The van der Waals surface area contributed by atoms with Crippen LogP contribution in [0.3, 0.4) is 0 Å². The average molecular weight is 375 g/mol. The van der Waals surface area contributed by atoms with Crippen LogP contribution in [0.5, 0.6) is 0 Å². The fourth-order valence-electron chi connectivity index (χ4n) is 2.32. The molecule has 138 valence electrons. The van der Waals surface area contributed by atoms with E-state index in [9.17, 15) is 26.7 Å². The number of halogens is 5. The summed E-state index contributed by atoms with van der Waals surface area (Å²) in [7, 11) is 0. The predicted molar refractivity (Wildman–Crippen MR) is 82.1 cm³/mol. The number of amides is 1. The Labute approximate surface area is 149 Å². The average Bonchev–Trinajstić information content (AvgIpc) is 2.98. The minimum atomic E-state index is -4.62. The number of aryl methyl sites for hydroxylation is 1. The van der Waals surface area contributed by atoms with Crippen LogP contribution in [0, 0.1) is 6.92 Å². The van der Waals surface area contributed by atoms with Crippen LogP contribution in [-0.2, 0) is 11.0 Å². The van der Waals surface area contributed by atoms with Crippen molar-refractivity contribution < 1.29 is 30.9 Å². The van der Waals surface area contributed by atoms with E-state index in [1.807, 2.05) is 0 Å². The smallest absolute Gasteiger partial charge is 0.327 e. The number of aromatic nitrogens is 3. The van der Waals surface area contributed by atoms with Gasteiger partial charge in [0.1, 0.15) is 7.67 Å². The molecule has 1 fully saturated rings. The maximum atomic E-state index is 13.0. The summed E-state index contributed by atoms with van der Waals surface area (Å²) in [5.41, 5.74) is -0.765. The van der Waals surface area contributed by atoms with Crippen molar-refractivity contribution in [1.82, 2.24) is 19.7 Å². The molecule has 0 N–H and O–H groups in total. The Hall–Kier alpha value is -2.78. The second-order valence-corrected chi connectivity index (χ2v) is 5.79. The van der Waals surface area contributed by atoms with Gasteiger partial charge < -0.3 is 4.90 Å². The lowest BCUT2D eigenvalue weighted by Gasteiger charge is -2.37. The first-order chi connectivity index (χ1) is 13.3. The quantitative estimate of drug-likeness (QED) is 0.612. The third kappa shape index (κ3) is 3.89. The lowest BCUT2D eigenvalue weighted by Crippen LogP contribution is -2.58. The van der Waals surface area contributed by atoms with Gasteiger partial charge in [-0.25, -0.2) is 18.4 Å². The number of likely N-dealkylation sites (tertiary alicyclic amines) is 1. The molecule has 3 rings (SSSR count). The van der Waals surface area contributed by atoms with Crippen molar-refractivity contribution in [3.8, 4) is 11.4 Å². The Kier molecular flexibility index (Phi) is 3.42. The summed E-state index contributed by atoms with van der Waals surface area (Å²) in [6.07, 6.45) is -6.22. The third-order valence-corrected chi connectivity index (χ3v) is 3.51. The van der Waals surface area contributed by atoms with Gasteiger partial charge in [-0.1, -0.05) is 0 Å². The molecule has 5 nitrogen and oxygen atoms in total. The van der Waals surface area contributed by atoms with Crippen LogP contribution >= 0.6 is 0 Å². The van der Waals surface area contributed by atoms with E-state index < -0.39 is 55.2 Å². The maximum absolute atomic E-state index is 13.0. The molecule has 1 amide bonds. The first-order valence-electron chi connectivity index (χ1n) is 8.76. The van der Waals surface area contributed by atoms with Gasteiger partial charge in [0.15, 0.2) is 5.82 Å². The molecule has 1 aliphatic rings. The van der Waals surface area contributed by atoms with Crippen LogP contribution in [0.25, 0.3) is 17.6 Å². The second kappa shape index (κ2) is 6.19. The van der Waals surface area contributed by atoms with Gasteiger partial charge in [0, 0.05) is 17.8 Å². The van der Waals surface area contributed by atoms with E-state index in [-0.39, 0.29) is 17.0 Å². The molecule has 2 aromatic rings. The van der Waals surface area contributed by atoms with E-state index in [4.69, 9.17) is 4.11 Å². The van der Waals surface area contributed by atoms with E-state index in [1.54, 1.807) is 0 Å². The molecule has 0 bridgehead atoms. The Morgan fingerprint density at radius 1 is 1.35 bits per heavy atom. The first-order valence-corrected chi connectivity index (χ1v) is 7.26. The summed E-state index contributed by atoms with van der Waals surface area (Å²) < 4.78 is 88.6. The first kappa shape index (κ1) is 14.4. The summed E-state index contributed by atoms with van der Waals surface area (Å²) in [4.78, 5) is 16.3. The van der Waals surface area contributed by atoms with E-state index in [0.717, 1.165) is 12.1 Å². The largest absolute Gasteiger partial charge is 0.416 e. The van der Waals surface area contributed by atoms with E-state index in [1.165, 1.54) is 13.0 Å². The minimum Gasteiger partial charge on any atom is -0.327 e. The second-order valence-electron chi connectivity index (χ2n) is 5.79. The number of carbonyl (C=O) groups is 1. The van der Waals surface area contributed by atoms with Crippen LogP contribution in [0.4, 0.5) is 22.0 Å². The molecule has 0 aliphatic carbocycles. The Morgan fingerprint density at radius 2 is 2.04 bits per heavy atom. The van der Waals surface area contributed by atoms with Crippen LogP contribution in [0.15, 0.2) is 30.6 Å². The molecule has 0 unspecified atom stereocenters. The topological polar surface area (TPSA) is 51.0 Å². The highest BCUT2D eigenvalue weighted by Gasteiger charge is 2.45. The number of alkyl halides is 5. The van der Waals surface area contributed by atoms with Gasteiger partial charge in [-0.2, -0.15) is 13.2 Å². The van der Waals surface area contributed by atoms with Crippen molar-refractivity contribution in [3.05, 3.63) is 41.7 Å². The number of nitrogens with zero attached hydrogens (tertiary/aromatic N) is 4. The molecule has 0 radical (unpaired) electrons. The molecule has 1 aromatic carbocycles. The summed E-state index contributed by atoms with van der Waals surface area (Å²) in [6.45, 7) is -0.348. The molecular weight excluding hydrogens is 359 g/mol. The summed E-state index contributed by atoms with van der Waals surface area (Å²) in [6, 6.07) is 2.04. The SMILES string of the molecule is [2H]/C(C(=O)N1CC(F)(F)C1)=C(\[2H])n1nc(-c2cc(C)cc(C(F)(F)F)c2)nc1[2H]. The van der Waals surface area contributed by atoms with Crippen LogP contribution in [0.1, 0.15) is 15.2 Å². The summed E-state index contributed by atoms with van der Waals surface area (Å²) in [5.74, 6) is -4.52. The van der Waals surface area contributed by atoms with Gasteiger partial charge in [-0.15, -0.1) is 5.10 Å². The monoisotopic (exact) mass is 375 g/mol. The highest BCUT2D eigenvalue weighted by Crippen LogP contribution is 2.32. The van der Waals surface area contributed by atoms with E-state index >= 15 is 0 Å². The molecule has 1 aliphatic heterocycles.